The molecular weight excluding hydrogens is 210 g/mol. The summed E-state index contributed by atoms with van der Waals surface area (Å²) in [5, 5.41) is 0. The molecule has 4 heteroatoms. The molecule has 0 aliphatic carbocycles. The van der Waals surface area contributed by atoms with E-state index in [9.17, 15) is 4.79 Å². The third kappa shape index (κ3) is 2.45. The fraction of sp³-hybridized carbons (Fsp3) is 0.857. The largest absolute Gasteiger partial charge is 0.469 e. The lowest BCUT2D eigenvalue weighted by Crippen LogP contribution is -2.41. The number of halogens is 1. The number of hydrogen-bond donors (Lipinski definition) is 1. The van der Waals surface area contributed by atoms with Crippen molar-refractivity contribution in [1.82, 2.24) is 4.34 Å². The first kappa shape index (κ1) is 10.9. The van der Waals surface area contributed by atoms with Crippen LogP contribution in [0.1, 0.15) is 20.8 Å². The van der Waals surface area contributed by atoms with Gasteiger partial charge in [-0.2, -0.15) is 0 Å². The Kier molecular flexibility index (Phi) is 4.03. The summed E-state index contributed by atoms with van der Waals surface area (Å²) in [5.74, 6) is -0.211. The molecule has 0 aromatic rings. The zero-order valence-electron chi connectivity index (χ0n) is 7.27. The normalized spacial score (nSPS) is 14.3. The average molecular weight is 224 g/mol. The van der Waals surface area contributed by atoms with Gasteiger partial charge in [0.2, 0.25) is 0 Å². The van der Waals surface area contributed by atoms with E-state index in [4.69, 9.17) is 0 Å². The lowest BCUT2D eigenvalue weighted by Gasteiger charge is -2.27. The van der Waals surface area contributed by atoms with Crippen LogP contribution < -0.4 is 4.34 Å². The average Bonchev–Trinajstić information content (AvgIpc) is 2.01. The Morgan fingerprint density at radius 2 is 2.09 bits per heavy atom. The van der Waals surface area contributed by atoms with Crippen molar-refractivity contribution in [1.29, 1.82) is 0 Å². The fourth-order valence-corrected chi connectivity index (χ4v) is 1.15. The zero-order valence-corrected chi connectivity index (χ0v) is 8.86. The molecule has 0 aliphatic rings. The van der Waals surface area contributed by atoms with Gasteiger partial charge < -0.3 is 4.74 Å². The summed E-state index contributed by atoms with van der Waals surface area (Å²) in [6.45, 7) is 5.57. The number of esters is 1. The Balaban J connectivity index is 4.31. The monoisotopic (exact) mass is 223 g/mol. The molecule has 0 heterocycles. The Hall–Kier alpha value is -0.0900. The summed E-state index contributed by atoms with van der Waals surface area (Å²) >= 11 is 3.09. The van der Waals surface area contributed by atoms with E-state index in [0.717, 1.165) is 0 Å². The van der Waals surface area contributed by atoms with Crippen molar-refractivity contribution in [2.75, 3.05) is 7.11 Å². The second-order valence-corrected chi connectivity index (χ2v) is 3.50. The Bertz CT molecular complexity index is 147. The molecule has 0 amide bonds. The van der Waals surface area contributed by atoms with E-state index in [0.29, 0.717) is 0 Å². The maximum atomic E-state index is 11.2. The minimum Gasteiger partial charge on any atom is -0.469 e. The number of methoxy groups -OCH3 is 1. The minimum atomic E-state index is -0.502. The molecule has 0 aliphatic heterocycles. The smallest absolute Gasteiger partial charge is 0.312 e. The molecule has 0 aromatic carbocycles. The summed E-state index contributed by atoms with van der Waals surface area (Å²) < 4.78 is 7.47. The molecule has 0 saturated heterocycles. The highest BCUT2D eigenvalue weighted by molar-refractivity contribution is 9.08. The number of ether oxygens (including phenoxy) is 1. The van der Waals surface area contributed by atoms with Gasteiger partial charge in [-0.15, -0.1) is 0 Å². The first-order valence-corrected chi connectivity index (χ1v) is 4.20. The minimum absolute atomic E-state index is 0.0370. The topological polar surface area (TPSA) is 38.3 Å². The molecule has 3 nitrogen and oxygen atoms in total. The number of nitrogens with one attached hydrogen (secondary N) is 1. The van der Waals surface area contributed by atoms with Crippen molar-refractivity contribution in [2.45, 2.75) is 26.8 Å². The van der Waals surface area contributed by atoms with E-state index in [1.807, 2.05) is 20.8 Å². The van der Waals surface area contributed by atoms with Crippen molar-refractivity contribution in [3.8, 4) is 0 Å². The van der Waals surface area contributed by atoms with Crippen molar-refractivity contribution in [2.24, 2.45) is 5.41 Å². The van der Waals surface area contributed by atoms with Crippen LogP contribution in [-0.2, 0) is 9.53 Å². The van der Waals surface area contributed by atoms with Crippen LogP contribution in [0.2, 0.25) is 0 Å². The summed E-state index contributed by atoms with van der Waals surface area (Å²) in [5.41, 5.74) is -0.502. The molecule has 0 spiro atoms. The van der Waals surface area contributed by atoms with Gasteiger partial charge in [-0.25, -0.2) is 0 Å². The van der Waals surface area contributed by atoms with Gasteiger partial charge in [0.15, 0.2) is 0 Å². The van der Waals surface area contributed by atoms with E-state index in [1.165, 1.54) is 7.11 Å². The SMILES string of the molecule is COC(=O)C(C)(C)C(C)NBr. The van der Waals surface area contributed by atoms with Gasteiger partial charge in [-0.05, 0) is 20.8 Å². The molecule has 0 radical (unpaired) electrons. The van der Waals surface area contributed by atoms with Gasteiger partial charge in [0.1, 0.15) is 0 Å². The molecule has 0 saturated carbocycles. The standard InChI is InChI=1S/C7H14BrNO2/c1-5(9-8)7(2,3)6(10)11-4/h5,9H,1-4H3. The fourth-order valence-electron chi connectivity index (χ4n) is 0.576. The molecule has 1 N–H and O–H groups in total. The molecular formula is C7H14BrNO2. The van der Waals surface area contributed by atoms with Crippen LogP contribution in [0.3, 0.4) is 0 Å². The quantitative estimate of drug-likeness (QED) is 0.582. The van der Waals surface area contributed by atoms with E-state index in [1.54, 1.807) is 0 Å². The van der Waals surface area contributed by atoms with Crippen molar-refractivity contribution < 1.29 is 9.53 Å². The number of carbonyl (C=O) groups excluding carboxylic acids is 1. The third-order valence-corrected chi connectivity index (χ3v) is 2.64. The molecule has 0 aromatic heterocycles. The Labute approximate surface area is 75.8 Å². The summed E-state index contributed by atoms with van der Waals surface area (Å²) in [6, 6.07) is 0.0370. The Morgan fingerprint density at radius 3 is 2.36 bits per heavy atom. The summed E-state index contributed by atoms with van der Waals surface area (Å²) in [6.07, 6.45) is 0. The van der Waals surface area contributed by atoms with Gasteiger partial charge >= 0.3 is 5.97 Å². The zero-order chi connectivity index (χ0) is 9.07. The number of hydrogen-bond acceptors (Lipinski definition) is 3. The molecule has 0 rings (SSSR count). The third-order valence-electron chi connectivity index (χ3n) is 1.96. The number of carbonyl (C=O) groups is 1. The predicted octanol–water partition coefficient (Wildman–Crippen LogP) is 1.47. The lowest BCUT2D eigenvalue weighted by molar-refractivity contribution is -0.151. The first-order chi connectivity index (χ1) is 4.96. The van der Waals surface area contributed by atoms with Crippen LogP contribution in [0.25, 0.3) is 0 Å². The summed E-state index contributed by atoms with van der Waals surface area (Å²) in [4.78, 5) is 11.2. The van der Waals surface area contributed by atoms with Gasteiger partial charge in [-0.1, -0.05) is 0 Å². The molecule has 1 atom stereocenters. The van der Waals surface area contributed by atoms with Gasteiger partial charge in [0.25, 0.3) is 0 Å². The second kappa shape index (κ2) is 4.07. The highest BCUT2D eigenvalue weighted by Gasteiger charge is 2.34. The molecule has 0 fully saturated rings. The van der Waals surface area contributed by atoms with E-state index in [2.05, 4.69) is 25.2 Å². The van der Waals surface area contributed by atoms with E-state index >= 15 is 0 Å². The van der Waals surface area contributed by atoms with Gasteiger partial charge in [-0.3, -0.25) is 9.14 Å². The van der Waals surface area contributed by atoms with Crippen molar-refractivity contribution in [3.63, 3.8) is 0 Å². The maximum Gasteiger partial charge on any atom is 0.312 e. The Morgan fingerprint density at radius 1 is 1.64 bits per heavy atom. The van der Waals surface area contributed by atoms with Crippen LogP contribution in [0.15, 0.2) is 0 Å². The van der Waals surface area contributed by atoms with E-state index < -0.39 is 5.41 Å². The second-order valence-electron chi connectivity index (χ2n) is 3.04. The van der Waals surface area contributed by atoms with Gasteiger partial charge in [0, 0.05) is 22.2 Å². The molecule has 0 bridgehead atoms. The van der Waals surface area contributed by atoms with Crippen LogP contribution in [0.4, 0.5) is 0 Å². The van der Waals surface area contributed by atoms with Crippen LogP contribution in [0, 0.1) is 5.41 Å². The summed E-state index contributed by atoms with van der Waals surface area (Å²) in [7, 11) is 1.39. The molecule has 11 heavy (non-hydrogen) atoms. The lowest BCUT2D eigenvalue weighted by atomic mass is 9.86. The van der Waals surface area contributed by atoms with Crippen LogP contribution in [-0.4, -0.2) is 19.1 Å². The van der Waals surface area contributed by atoms with E-state index in [-0.39, 0.29) is 12.0 Å². The van der Waals surface area contributed by atoms with Crippen LogP contribution >= 0.6 is 16.1 Å². The predicted molar refractivity (Wildman–Crippen MR) is 47.3 cm³/mol. The van der Waals surface area contributed by atoms with Gasteiger partial charge in [0.05, 0.1) is 12.5 Å². The highest BCUT2D eigenvalue weighted by Crippen LogP contribution is 2.22. The first-order valence-electron chi connectivity index (χ1n) is 3.41. The molecule has 66 valence electrons. The number of rotatable bonds is 3. The van der Waals surface area contributed by atoms with Crippen LogP contribution in [0.5, 0.6) is 0 Å². The van der Waals surface area contributed by atoms with Crippen molar-refractivity contribution >= 4 is 22.1 Å². The van der Waals surface area contributed by atoms with Crippen molar-refractivity contribution in [3.05, 3.63) is 0 Å². The highest BCUT2D eigenvalue weighted by atomic mass is 79.9. The molecule has 1 unspecified atom stereocenters. The maximum absolute atomic E-state index is 11.2.